The molecule has 2 N–H and O–H groups in total. The number of benzene rings is 2. The Morgan fingerprint density at radius 3 is 2.42 bits per heavy atom. The summed E-state index contributed by atoms with van der Waals surface area (Å²) >= 11 is 0. The standard InChI is InChI=1S/C24H26N2O5/c1-14-9-15(2)22(16(3)10-14)24(29)31-13-21(27)26-20(23(28)30-4)11-17-12-25-19-8-6-5-7-18(17)19/h5-10,12,20,25H,11,13H2,1-4H3,(H,26,27)/t20-/m0/s1. The SMILES string of the molecule is COC(=O)[C@H](Cc1c[nH]c2ccccc12)NC(=O)COC(=O)c1c(C)cc(C)cc1C. The number of rotatable bonds is 7. The second kappa shape index (κ2) is 9.47. The molecule has 0 fully saturated rings. The van der Waals surface area contributed by atoms with E-state index in [1.165, 1.54) is 7.11 Å². The first kappa shape index (κ1) is 22.1. The van der Waals surface area contributed by atoms with Gasteiger partial charge < -0.3 is 19.8 Å². The second-order valence-corrected chi connectivity index (χ2v) is 7.56. The Morgan fingerprint density at radius 2 is 1.74 bits per heavy atom. The maximum atomic E-state index is 12.5. The van der Waals surface area contributed by atoms with Gasteiger partial charge in [0.1, 0.15) is 6.04 Å². The molecular weight excluding hydrogens is 396 g/mol. The Balaban J connectivity index is 1.66. The van der Waals surface area contributed by atoms with E-state index < -0.39 is 30.5 Å². The molecule has 0 saturated carbocycles. The van der Waals surface area contributed by atoms with Gasteiger partial charge in [0.25, 0.3) is 5.91 Å². The molecule has 0 bridgehead atoms. The molecule has 1 aromatic heterocycles. The summed E-state index contributed by atoms with van der Waals surface area (Å²) in [7, 11) is 1.26. The van der Waals surface area contributed by atoms with E-state index in [9.17, 15) is 14.4 Å². The molecular formula is C24H26N2O5. The topological polar surface area (TPSA) is 97.5 Å². The number of methoxy groups -OCH3 is 1. The number of aromatic amines is 1. The first-order chi connectivity index (χ1) is 14.8. The Bertz CT molecular complexity index is 1110. The average molecular weight is 422 g/mol. The van der Waals surface area contributed by atoms with Crippen LogP contribution in [-0.4, -0.2) is 42.6 Å². The number of hydrogen-bond acceptors (Lipinski definition) is 5. The minimum absolute atomic E-state index is 0.243. The van der Waals surface area contributed by atoms with Crippen molar-refractivity contribution in [2.24, 2.45) is 0 Å². The molecule has 2 aromatic carbocycles. The van der Waals surface area contributed by atoms with E-state index in [0.717, 1.165) is 33.2 Å². The van der Waals surface area contributed by atoms with Crippen LogP contribution in [-0.2, 0) is 25.5 Å². The van der Waals surface area contributed by atoms with Crippen molar-refractivity contribution in [1.29, 1.82) is 0 Å². The van der Waals surface area contributed by atoms with E-state index in [1.54, 1.807) is 6.20 Å². The van der Waals surface area contributed by atoms with Crippen molar-refractivity contribution in [3.63, 3.8) is 0 Å². The van der Waals surface area contributed by atoms with E-state index in [0.29, 0.717) is 5.56 Å². The van der Waals surface area contributed by atoms with Crippen LogP contribution in [0.3, 0.4) is 0 Å². The third-order valence-electron chi connectivity index (χ3n) is 5.14. The predicted molar refractivity (Wildman–Crippen MR) is 117 cm³/mol. The highest BCUT2D eigenvalue weighted by atomic mass is 16.5. The summed E-state index contributed by atoms with van der Waals surface area (Å²) in [5.41, 5.74) is 4.87. The number of aryl methyl sites for hydroxylation is 3. The Morgan fingerprint density at radius 1 is 1.06 bits per heavy atom. The van der Waals surface area contributed by atoms with Gasteiger partial charge in [-0.2, -0.15) is 0 Å². The van der Waals surface area contributed by atoms with Crippen molar-refractivity contribution in [1.82, 2.24) is 10.3 Å². The molecule has 0 saturated heterocycles. The van der Waals surface area contributed by atoms with Gasteiger partial charge in [0.2, 0.25) is 0 Å². The molecule has 31 heavy (non-hydrogen) atoms. The number of carbonyl (C=O) groups excluding carboxylic acids is 3. The van der Waals surface area contributed by atoms with Crippen molar-refractivity contribution in [3.8, 4) is 0 Å². The molecule has 0 aliphatic rings. The quantitative estimate of drug-likeness (QED) is 0.570. The second-order valence-electron chi connectivity index (χ2n) is 7.56. The van der Waals surface area contributed by atoms with Crippen LogP contribution in [0.5, 0.6) is 0 Å². The van der Waals surface area contributed by atoms with Crippen LogP contribution < -0.4 is 5.32 Å². The normalized spacial score (nSPS) is 11.7. The smallest absolute Gasteiger partial charge is 0.339 e. The van der Waals surface area contributed by atoms with Crippen LogP contribution in [0.25, 0.3) is 10.9 Å². The summed E-state index contributed by atoms with van der Waals surface area (Å²) in [4.78, 5) is 40.3. The lowest BCUT2D eigenvalue weighted by Crippen LogP contribution is -2.44. The van der Waals surface area contributed by atoms with Crippen molar-refractivity contribution in [2.75, 3.05) is 13.7 Å². The molecule has 0 aliphatic heterocycles. The lowest BCUT2D eigenvalue weighted by Gasteiger charge is -2.17. The molecule has 1 heterocycles. The van der Waals surface area contributed by atoms with E-state index in [4.69, 9.17) is 9.47 Å². The number of hydrogen-bond donors (Lipinski definition) is 2. The minimum atomic E-state index is -0.904. The summed E-state index contributed by atoms with van der Waals surface area (Å²) in [6, 6.07) is 10.5. The van der Waals surface area contributed by atoms with Crippen LogP contribution in [0.2, 0.25) is 0 Å². The summed E-state index contributed by atoms with van der Waals surface area (Å²) < 4.78 is 10.0. The highest BCUT2D eigenvalue weighted by Crippen LogP contribution is 2.20. The van der Waals surface area contributed by atoms with Crippen LogP contribution in [0, 0.1) is 20.8 Å². The zero-order valence-electron chi connectivity index (χ0n) is 18.1. The predicted octanol–water partition coefficient (Wildman–Crippen LogP) is 3.15. The number of H-pyrrole nitrogens is 1. The fourth-order valence-corrected chi connectivity index (χ4v) is 3.80. The van der Waals surface area contributed by atoms with Crippen LogP contribution >= 0.6 is 0 Å². The molecule has 0 unspecified atom stereocenters. The third kappa shape index (κ3) is 5.12. The van der Waals surface area contributed by atoms with Gasteiger partial charge in [0.05, 0.1) is 12.7 Å². The fourth-order valence-electron chi connectivity index (χ4n) is 3.80. The lowest BCUT2D eigenvalue weighted by molar-refractivity contribution is -0.145. The van der Waals surface area contributed by atoms with Gasteiger partial charge in [-0.05, 0) is 43.5 Å². The average Bonchev–Trinajstić information content (AvgIpc) is 3.13. The maximum absolute atomic E-state index is 12.5. The van der Waals surface area contributed by atoms with Crippen LogP contribution in [0.15, 0.2) is 42.6 Å². The zero-order chi connectivity index (χ0) is 22.5. The Kier molecular flexibility index (Phi) is 6.74. The van der Waals surface area contributed by atoms with Gasteiger partial charge >= 0.3 is 11.9 Å². The Hall–Kier alpha value is -3.61. The number of para-hydroxylation sites is 1. The van der Waals surface area contributed by atoms with E-state index in [-0.39, 0.29) is 6.42 Å². The first-order valence-electron chi connectivity index (χ1n) is 9.97. The molecule has 0 radical (unpaired) electrons. The van der Waals surface area contributed by atoms with Crippen molar-refractivity contribution in [2.45, 2.75) is 33.2 Å². The van der Waals surface area contributed by atoms with E-state index in [2.05, 4.69) is 10.3 Å². The third-order valence-corrected chi connectivity index (χ3v) is 5.14. The summed E-state index contributed by atoms with van der Waals surface area (Å²) in [6.07, 6.45) is 2.04. The monoisotopic (exact) mass is 422 g/mol. The number of aromatic nitrogens is 1. The number of nitrogens with one attached hydrogen (secondary N) is 2. The Labute approximate surface area is 180 Å². The minimum Gasteiger partial charge on any atom is -0.467 e. The highest BCUT2D eigenvalue weighted by molar-refractivity contribution is 5.94. The lowest BCUT2D eigenvalue weighted by atomic mass is 10.00. The number of amides is 1. The van der Waals surface area contributed by atoms with Gasteiger partial charge in [0, 0.05) is 23.5 Å². The van der Waals surface area contributed by atoms with Crippen LogP contribution in [0.4, 0.5) is 0 Å². The molecule has 7 nitrogen and oxygen atoms in total. The van der Waals surface area contributed by atoms with Gasteiger partial charge in [-0.1, -0.05) is 35.9 Å². The molecule has 7 heteroatoms. The summed E-state index contributed by atoms with van der Waals surface area (Å²) in [5, 5.41) is 3.57. The van der Waals surface area contributed by atoms with Gasteiger partial charge in [-0.3, -0.25) is 4.79 Å². The van der Waals surface area contributed by atoms with Crippen molar-refractivity contribution < 1.29 is 23.9 Å². The zero-order valence-corrected chi connectivity index (χ0v) is 18.1. The summed E-state index contributed by atoms with van der Waals surface area (Å²) in [6.45, 7) is 5.10. The molecule has 1 atom stereocenters. The summed E-state index contributed by atoms with van der Waals surface area (Å²) in [5.74, 6) is -1.72. The molecule has 0 spiro atoms. The van der Waals surface area contributed by atoms with E-state index >= 15 is 0 Å². The van der Waals surface area contributed by atoms with Crippen molar-refractivity contribution in [3.05, 3.63) is 70.4 Å². The molecule has 162 valence electrons. The highest BCUT2D eigenvalue weighted by Gasteiger charge is 2.24. The molecule has 3 aromatic rings. The van der Waals surface area contributed by atoms with E-state index in [1.807, 2.05) is 57.2 Å². The van der Waals surface area contributed by atoms with Crippen molar-refractivity contribution >= 4 is 28.7 Å². The van der Waals surface area contributed by atoms with Gasteiger partial charge in [0.15, 0.2) is 6.61 Å². The number of esters is 2. The molecule has 3 rings (SSSR count). The first-order valence-corrected chi connectivity index (χ1v) is 9.97. The van der Waals surface area contributed by atoms with Gasteiger partial charge in [-0.15, -0.1) is 0 Å². The number of fused-ring (bicyclic) bond motifs is 1. The maximum Gasteiger partial charge on any atom is 0.339 e. The molecule has 1 amide bonds. The fraction of sp³-hybridized carbons (Fsp3) is 0.292. The largest absolute Gasteiger partial charge is 0.467 e. The van der Waals surface area contributed by atoms with Crippen LogP contribution in [0.1, 0.15) is 32.6 Å². The van der Waals surface area contributed by atoms with Gasteiger partial charge in [-0.25, -0.2) is 9.59 Å². The molecule has 0 aliphatic carbocycles. The number of ether oxygens (including phenoxy) is 2. The number of carbonyl (C=O) groups is 3.